The van der Waals surface area contributed by atoms with Crippen LogP contribution in [0.4, 0.5) is 8.78 Å². The van der Waals surface area contributed by atoms with Crippen molar-refractivity contribution in [3.05, 3.63) is 65.8 Å². The van der Waals surface area contributed by atoms with Crippen LogP contribution in [0.5, 0.6) is 0 Å². The number of carbonyl (C=O) groups is 1. The predicted octanol–water partition coefficient (Wildman–Crippen LogP) is 2.29. The van der Waals surface area contributed by atoms with Crippen molar-refractivity contribution in [1.29, 1.82) is 5.41 Å². The first kappa shape index (κ1) is 15.6. The van der Waals surface area contributed by atoms with E-state index in [1.807, 2.05) is 0 Å². The van der Waals surface area contributed by atoms with E-state index in [-0.39, 0.29) is 11.4 Å². The van der Waals surface area contributed by atoms with Gasteiger partial charge in [0, 0.05) is 11.4 Å². The molecule has 0 aliphatic heterocycles. The van der Waals surface area contributed by atoms with Crippen LogP contribution in [0.2, 0.25) is 0 Å². The predicted molar refractivity (Wildman–Crippen MR) is 80.8 cm³/mol. The summed E-state index contributed by atoms with van der Waals surface area (Å²) in [7, 11) is 0. The molecule has 1 aliphatic carbocycles. The molecule has 1 aromatic rings. The van der Waals surface area contributed by atoms with Gasteiger partial charge in [0.2, 0.25) is 5.91 Å². The molecular formula is C16H15F2N3O. The summed E-state index contributed by atoms with van der Waals surface area (Å²) in [6, 6.07) is 5.37. The SMILES string of the molecule is N=C(/C=C(\N)c1ccc(F)cc1)C1C(F)=CC=CC1C(N)=O. The molecule has 0 radical (unpaired) electrons. The van der Waals surface area contributed by atoms with Crippen molar-refractivity contribution in [2.75, 3.05) is 0 Å². The van der Waals surface area contributed by atoms with E-state index in [1.54, 1.807) is 0 Å². The Bertz CT molecular complexity index is 690. The number of rotatable bonds is 4. The van der Waals surface area contributed by atoms with Crippen molar-refractivity contribution in [2.45, 2.75) is 0 Å². The number of halogens is 2. The van der Waals surface area contributed by atoms with Crippen molar-refractivity contribution >= 4 is 17.3 Å². The molecule has 4 nitrogen and oxygen atoms in total. The number of amides is 1. The largest absolute Gasteiger partial charge is 0.398 e. The highest BCUT2D eigenvalue weighted by molar-refractivity contribution is 6.04. The van der Waals surface area contributed by atoms with E-state index in [4.69, 9.17) is 16.9 Å². The lowest BCUT2D eigenvalue weighted by molar-refractivity contribution is -0.121. The van der Waals surface area contributed by atoms with E-state index in [2.05, 4.69) is 0 Å². The number of benzene rings is 1. The molecule has 2 atom stereocenters. The number of nitrogens with one attached hydrogen (secondary N) is 1. The highest BCUT2D eigenvalue weighted by Crippen LogP contribution is 2.29. The molecule has 2 rings (SSSR count). The van der Waals surface area contributed by atoms with Crippen LogP contribution >= 0.6 is 0 Å². The van der Waals surface area contributed by atoms with Crippen molar-refractivity contribution in [2.24, 2.45) is 23.3 Å². The summed E-state index contributed by atoms with van der Waals surface area (Å²) in [5.74, 6) is -3.79. The van der Waals surface area contributed by atoms with E-state index in [0.717, 1.165) is 0 Å². The topological polar surface area (TPSA) is 93.0 Å². The van der Waals surface area contributed by atoms with E-state index in [9.17, 15) is 13.6 Å². The van der Waals surface area contributed by atoms with Crippen LogP contribution in [-0.2, 0) is 4.79 Å². The zero-order valence-corrected chi connectivity index (χ0v) is 11.6. The molecule has 1 aromatic carbocycles. The maximum Gasteiger partial charge on any atom is 0.225 e. The van der Waals surface area contributed by atoms with Crippen LogP contribution in [0.25, 0.3) is 5.70 Å². The Hall–Kier alpha value is -2.76. The number of hydrogen-bond acceptors (Lipinski definition) is 3. The monoisotopic (exact) mass is 303 g/mol. The van der Waals surface area contributed by atoms with Crippen LogP contribution < -0.4 is 11.5 Å². The summed E-state index contributed by atoms with van der Waals surface area (Å²) in [6.45, 7) is 0. The standard InChI is InChI=1S/C16H15F2N3O/c17-10-6-4-9(5-7-10)13(19)8-14(20)15-11(16(21)22)2-1-3-12(15)18/h1-8,11,15,20H,19H2,(H2,21,22)/b13-8-,20-14?. The third-order valence-electron chi connectivity index (χ3n) is 3.38. The normalized spacial score (nSPS) is 21.4. The third-order valence-corrected chi connectivity index (χ3v) is 3.38. The highest BCUT2D eigenvalue weighted by atomic mass is 19.1. The van der Waals surface area contributed by atoms with Gasteiger partial charge in [0.1, 0.15) is 11.6 Å². The fourth-order valence-electron chi connectivity index (χ4n) is 2.24. The molecule has 1 aliphatic rings. The van der Waals surface area contributed by atoms with Crippen molar-refractivity contribution in [3.8, 4) is 0 Å². The van der Waals surface area contributed by atoms with Gasteiger partial charge in [0.25, 0.3) is 0 Å². The van der Waals surface area contributed by atoms with Gasteiger partial charge in [-0.1, -0.05) is 24.3 Å². The van der Waals surface area contributed by atoms with Gasteiger partial charge in [0.05, 0.1) is 11.8 Å². The number of nitrogens with two attached hydrogens (primary N) is 2. The molecule has 6 heteroatoms. The second-order valence-corrected chi connectivity index (χ2v) is 4.90. The number of allylic oxidation sites excluding steroid dienone is 4. The minimum atomic E-state index is -1.10. The molecule has 22 heavy (non-hydrogen) atoms. The number of hydrogen-bond donors (Lipinski definition) is 3. The summed E-state index contributed by atoms with van der Waals surface area (Å²) >= 11 is 0. The highest BCUT2D eigenvalue weighted by Gasteiger charge is 2.32. The first-order chi connectivity index (χ1) is 10.4. The molecule has 0 heterocycles. The second kappa shape index (κ2) is 6.34. The average Bonchev–Trinajstić information content (AvgIpc) is 2.47. The molecule has 5 N–H and O–H groups in total. The zero-order chi connectivity index (χ0) is 16.3. The fraction of sp³-hybridized carbons (Fsp3) is 0.125. The smallest absolute Gasteiger partial charge is 0.225 e. The van der Waals surface area contributed by atoms with Gasteiger partial charge >= 0.3 is 0 Å². The summed E-state index contributed by atoms with van der Waals surface area (Å²) in [5.41, 5.74) is 11.6. The van der Waals surface area contributed by atoms with E-state index in [1.165, 1.54) is 48.6 Å². The van der Waals surface area contributed by atoms with Gasteiger partial charge in [0.15, 0.2) is 0 Å². The van der Waals surface area contributed by atoms with Crippen LogP contribution in [0.1, 0.15) is 5.56 Å². The van der Waals surface area contributed by atoms with Crippen LogP contribution in [0.15, 0.2) is 54.4 Å². The van der Waals surface area contributed by atoms with E-state index < -0.39 is 29.4 Å². The van der Waals surface area contributed by atoms with Crippen molar-refractivity contribution in [1.82, 2.24) is 0 Å². The lowest BCUT2D eigenvalue weighted by Gasteiger charge is -2.23. The minimum Gasteiger partial charge on any atom is -0.398 e. The van der Waals surface area contributed by atoms with Gasteiger partial charge in [-0.3, -0.25) is 4.79 Å². The van der Waals surface area contributed by atoms with Crippen LogP contribution in [0.3, 0.4) is 0 Å². The first-order valence-electron chi connectivity index (χ1n) is 6.55. The summed E-state index contributed by atoms with van der Waals surface area (Å²) < 4.78 is 26.8. The molecule has 114 valence electrons. The zero-order valence-electron chi connectivity index (χ0n) is 11.6. The van der Waals surface area contributed by atoms with Gasteiger partial charge in [-0.25, -0.2) is 8.78 Å². The van der Waals surface area contributed by atoms with Crippen LogP contribution in [0, 0.1) is 23.1 Å². The van der Waals surface area contributed by atoms with Crippen molar-refractivity contribution < 1.29 is 13.6 Å². The Morgan fingerprint density at radius 3 is 2.41 bits per heavy atom. The Morgan fingerprint density at radius 2 is 1.82 bits per heavy atom. The molecular weight excluding hydrogens is 288 g/mol. The molecule has 0 aromatic heterocycles. The van der Waals surface area contributed by atoms with Gasteiger partial charge < -0.3 is 16.9 Å². The summed E-state index contributed by atoms with van der Waals surface area (Å²) in [6.07, 6.45) is 5.27. The molecule has 2 unspecified atom stereocenters. The lowest BCUT2D eigenvalue weighted by atomic mass is 9.83. The molecule has 0 fully saturated rings. The van der Waals surface area contributed by atoms with Crippen LogP contribution in [-0.4, -0.2) is 11.6 Å². The maximum absolute atomic E-state index is 14.0. The Morgan fingerprint density at radius 1 is 1.18 bits per heavy atom. The lowest BCUT2D eigenvalue weighted by Crippen LogP contribution is -2.34. The Kier molecular flexibility index (Phi) is 4.50. The Balaban J connectivity index is 2.28. The molecule has 0 bridgehead atoms. The molecule has 0 saturated carbocycles. The van der Waals surface area contributed by atoms with Gasteiger partial charge in [-0.2, -0.15) is 0 Å². The molecule has 0 spiro atoms. The number of carbonyl (C=O) groups excluding carboxylic acids is 1. The summed E-state index contributed by atoms with van der Waals surface area (Å²) in [5, 5.41) is 8.01. The summed E-state index contributed by atoms with van der Waals surface area (Å²) in [4.78, 5) is 11.4. The molecule has 0 saturated heterocycles. The van der Waals surface area contributed by atoms with Gasteiger partial charge in [-0.15, -0.1) is 0 Å². The quantitative estimate of drug-likeness (QED) is 0.744. The molecule has 1 amide bonds. The third kappa shape index (κ3) is 3.28. The van der Waals surface area contributed by atoms with Crippen molar-refractivity contribution in [3.63, 3.8) is 0 Å². The second-order valence-electron chi connectivity index (χ2n) is 4.90. The fourth-order valence-corrected chi connectivity index (χ4v) is 2.24. The maximum atomic E-state index is 14.0. The average molecular weight is 303 g/mol. The van der Waals surface area contributed by atoms with Gasteiger partial charge in [-0.05, 0) is 29.8 Å². The van der Waals surface area contributed by atoms with E-state index >= 15 is 0 Å². The number of primary amides is 1. The Labute approximate surface area is 126 Å². The van der Waals surface area contributed by atoms with E-state index in [0.29, 0.717) is 5.56 Å². The minimum absolute atomic E-state index is 0.176. The first-order valence-corrected chi connectivity index (χ1v) is 6.55.